The van der Waals surface area contributed by atoms with Gasteiger partial charge in [0, 0.05) is 56.7 Å². The van der Waals surface area contributed by atoms with Crippen LogP contribution in [0.15, 0.2) is 29.1 Å². The second kappa shape index (κ2) is 8.50. The predicted molar refractivity (Wildman–Crippen MR) is 114 cm³/mol. The number of rotatable bonds is 7. The normalized spacial score (nSPS) is 24.4. The zero-order chi connectivity index (χ0) is 20.4. The number of likely N-dealkylation sites (tertiary alicyclic amines) is 2. The van der Waals surface area contributed by atoms with Gasteiger partial charge in [0.2, 0.25) is 5.91 Å². The first kappa shape index (κ1) is 20.4. The number of fused-ring (bicyclic) bond motifs is 1. The van der Waals surface area contributed by atoms with Crippen LogP contribution < -0.4 is 0 Å². The summed E-state index contributed by atoms with van der Waals surface area (Å²) in [6.07, 6.45) is 3.19. The second-order valence-corrected chi connectivity index (χ2v) is 9.63. The molecule has 0 radical (unpaired) electrons. The molecule has 29 heavy (non-hydrogen) atoms. The fraction of sp³-hybridized carbons (Fsp3) is 0.591. The van der Waals surface area contributed by atoms with Crippen molar-refractivity contribution < 1.29 is 9.90 Å². The minimum absolute atomic E-state index is 0.128. The Morgan fingerprint density at radius 3 is 2.90 bits per heavy atom. The third-order valence-corrected chi connectivity index (χ3v) is 7.07. The number of aromatic nitrogens is 2. The summed E-state index contributed by atoms with van der Waals surface area (Å²) in [7, 11) is 0. The second-order valence-electron chi connectivity index (χ2n) is 8.85. The van der Waals surface area contributed by atoms with Crippen molar-refractivity contribution in [3.63, 3.8) is 0 Å². The molecule has 4 rings (SSSR count). The third kappa shape index (κ3) is 4.37. The van der Waals surface area contributed by atoms with Crippen molar-refractivity contribution in [2.45, 2.75) is 39.2 Å². The summed E-state index contributed by atoms with van der Waals surface area (Å²) in [5.74, 6) is 1.72. The number of thiophene rings is 1. The van der Waals surface area contributed by atoms with Gasteiger partial charge in [0.15, 0.2) is 0 Å². The lowest BCUT2D eigenvalue weighted by atomic mass is 9.82. The van der Waals surface area contributed by atoms with Gasteiger partial charge in [-0.3, -0.25) is 9.69 Å². The number of aliphatic hydroxyl groups excluding tert-OH is 1. The molecular formula is C22H30N4O2S. The lowest BCUT2D eigenvalue weighted by molar-refractivity contribution is -0.130. The standard InChI is InChI=1S/C22H30N4O2S/c1-16(2)21-23-7-5-19(24-21)11-25-9-18-10-26(14-22(18,13-25)15-27)20(28)4-3-17-6-8-29-12-17/h5-8,12,16,18,27H,3-4,9-11,13-15H2,1-2H3. The Morgan fingerprint density at radius 1 is 1.34 bits per heavy atom. The van der Waals surface area contributed by atoms with Crippen LogP contribution in [0.25, 0.3) is 0 Å². The van der Waals surface area contributed by atoms with Crippen LogP contribution in [0.4, 0.5) is 0 Å². The van der Waals surface area contributed by atoms with Gasteiger partial charge < -0.3 is 10.0 Å². The molecule has 0 bridgehead atoms. The van der Waals surface area contributed by atoms with Crippen molar-refractivity contribution in [3.8, 4) is 0 Å². The van der Waals surface area contributed by atoms with Crippen LogP contribution in [0, 0.1) is 11.3 Å². The van der Waals surface area contributed by atoms with Gasteiger partial charge in [0.05, 0.1) is 12.3 Å². The highest BCUT2D eigenvalue weighted by Gasteiger charge is 2.52. The zero-order valence-corrected chi connectivity index (χ0v) is 18.1. The quantitative estimate of drug-likeness (QED) is 0.754. The lowest BCUT2D eigenvalue weighted by Crippen LogP contribution is -2.39. The number of amides is 1. The first-order chi connectivity index (χ1) is 14.0. The molecular weight excluding hydrogens is 384 g/mol. The van der Waals surface area contributed by atoms with Crippen molar-refractivity contribution in [2.75, 3.05) is 32.8 Å². The van der Waals surface area contributed by atoms with Crippen LogP contribution in [0.3, 0.4) is 0 Å². The first-order valence-electron chi connectivity index (χ1n) is 10.4. The van der Waals surface area contributed by atoms with Crippen LogP contribution in [0.2, 0.25) is 0 Å². The van der Waals surface area contributed by atoms with Crippen LogP contribution in [-0.4, -0.2) is 63.6 Å². The van der Waals surface area contributed by atoms with E-state index in [1.165, 1.54) is 5.56 Å². The van der Waals surface area contributed by atoms with Gasteiger partial charge in [-0.2, -0.15) is 11.3 Å². The molecule has 4 heterocycles. The molecule has 2 saturated heterocycles. The average Bonchev–Trinajstić information content (AvgIpc) is 3.41. The van der Waals surface area contributed by atoms with E-state index in [1.54, 1.807) is 11.3 Å². The van der Waals surface area contributed by atoms with Gasteiger partial charge in [-0.15, -0.1) is 0 Å². The van der Waals surface area contributed by atoms with E-state index in [9.17, 15) is 9.90 Å². The van der Waals surface area contributed by atoms with E-state index in [-0.39, 0.29) is 17.9 Å². The van der Waals surface area contributed by atoms with Gasteiger partial charge >= 0.3 is 0 Å². The van der Waals surface area contributed by atoms with Gasteiger partial charge in [0.1, 0.15) is 5.82 Å². The summed E-state index contributed by atoms with van der Waals surface area (Å²) >= 11 is 1.67. The highest BCUT2D eigenvalue weighted by atomic mass is 32.1. The number of nitrogens with zero attached hydrogens (tertiary/aromatic N) is 4. The van der Waals surface area contributed by atoms with Gasteiger partial charge in [-0.25, -0.2) is 9.97 Å². The number of carbonyl (C=O) groups excluding carboxylic acids is 1. The number of aryl methyl sites for hydroxylation is 1. The fourth-order valence-corrected chi connectivity index (χ4v) is 5.38. The van der Waals surface area contributed by atoms with E-state index >= 15 is 0 Å². The largest absolute Gasteiger partial charge is 0.396 e. The molecule has 2 aliphatic rings. The molecule has 0 aliphatic carbocycles. The van der Waals surface area contributed by atoms with Crippen molar-refractivity contribution in [1.82, 2.24) is 19.8 Å². The van der Waals surface area contributed by atoms with Gasteiger partial charge in [0.25, 0.3) is 0 Å². The molecule has 6 nitrogen and oxygen atoms in total. The molecule has 2 aromatic heterocycles. The summed E-state index contributed by atoms with van der Waals surface area (Å²) in [6.45, 7) is 8.22. The van der Waals surface area contributed by atoms with E-state index in [2.05, 4.69) is 40.6 Å². The highest BCUT2D eigenvalue weighted by Crippen LogP contribution is 2.42. The molecule has 2 fully saturated rings. The minimum Gasteiger partial charge on any atom is -0.396 e. The Kier molecular flexibility index (Phi) is 5.99. The van der Waals surface area contributed by atoms with Crippen molar-refractivity contribution >= 4 is 17.2 Å². The summed E-state index contributed by atoms with van der Waals surface area (Å²) < 4.78 is 0. The van der Waals surface area contributed by atoms with E-state index in [0.29, 0.717) is 24.8 Å². The van der Waals surface area contributed by atoms with Crippen molar-refractivity contribution in [3.05, 3.63) is 46.2 Å². The molecule has 1 N–H and O–H groups in total. The minimum atomic E-state index is -0.202. The summed E-state index contributed by atoms with van der Waals surface area (Å²) in [5, 5.41) is 14.4. The summed E-state index contributed by atoms with van der Waals surface area (Å²) in [6, 6.07) is 4.06. The number of hydrogen-bond acceptors (Lipinski definition) is 6. The van der Waals surface area contributed by atoms with E-state index in [4.69, 9.17) is 4.98 Å². The Labute approximate surface area is 176 Å². The maximum absolute atomic E-state index is 12.7. The zero-order valence-electron chi connectivity index (χ0n) is 17.3. The van der Waals surface area contributed by atoms with Crippen molar-refractivity contribution in [1.29, 1.82) is 0 Å². The van der Waals surface area contributed by atoms with E-state index < -0.39 is 0 Å². The fourth-order valence-electron chi connectivity index (χ4n) is 4.68. The monoisotopic (exact) mass is 414 g/mol. The molecule has 2 atom stereocenters. The SMILES string of the molecule is CC(C)c1nccc(CN2CC3CN(C(=O)CCc4ccsc4)CC3(CO)C2)n1. The molecule has 156 valence electrons. The Morgan fingerprint density at radius 2 is 2.21 bits per heavy atom. The summed E-state index contributed by atoms with van der Waals surface area (Å²) in [5.41, 5.74) is 2.06. The lowest BCUT2D eigenvalue weighted by Gasteiger charge is -2.27. The molecule has 2 unspecified atom stereocenters. The van der Waals surface area contributed by atoms with Crippen LogP contribution in [0.1, 0.15) is 43.3 Å². The van der Waals surface area contributed by atoms with Gasteiger partial charge in [-0.1, -0.05) is 13.8 Å². The Hall–Kier alpha value is -1.83. The Balaban J connectivity index is 1.35. The van der Waals surface area contributed by atoms with E-state index in [1.807, 2.05) is 17.2 Å². The molecule has 1 amide bonds. The average molecular weight is 415 g/mol. The van der Waals surface area contributed by atoms with Crippen molar-refractivity contribution in [2.24, 2.45) is 11.3 Å². The summed E-state index contributed by atoms with van der Waals surface area (Å²) in [4.78, 5) is 26.1. The van der Waals surface area contributed by atoms with Crippen LogP contribution >= 0.6 is 11.3 Å². The molecule has 0 spiro atoms. The molecule has 2 aliphatic heterocycles. The van der Waals surface area contributed by atoms with E-state index in [0.717, 1.165) is 44.1 Å². The van der Waals surface area contributed by atoms with Gasteiger partial charge in [-0.05, 0) is 40.8 Å². The number of hydrogen-bond donors (Lipinski definition) is 1. The maximum atomic E-state index is 12.7. The smallest absolute Gasteiger partial charge is 0.222 e. The first-order valence-corrected chi connectivity index (χ1v) is 11.4. The molecule has 0 aromatic carbocycles. The predicted octanol–water partition coefficient (Wildman–Crippen LogP) is 2.55. The maximum Gasteiger partial charge on any atom is 0.222 e. The Bertz CT molecular complexity index is 841. The molecule has 7 heteroatoms. The van der Waals surface area contributed by atoms with Crippen LogP contribution in [-0.2, 0) is 17.8 Å². The topological polar surface area (TPSA) is 69.6 Å². The molecule has 0 saturated carbocycles. The third-order valence-electron chi connectivity index (χ3n) is 6.34. The highest BCUT2D eigenvalue weighted by molar-refractivity contribution is 7.07. The number of aliphatic hydroxyl groups is 1. The number of carbonyl (C=O) groups is 1. The molecule has 2 aromatic rings. The van der Waals surface area contributed by atoms with Crippen LogP contribution in [0.5, 0.6) is 0 Å².